The number of amides is 2. The van der Waals surface area contributed by atoms with Crippen LogP contribution in [0.1, 0.15) is 40.0 Å². The van der Waals surface area contributed by atoms with E-state index >= 15 is 0 Å². The summed E-state index contributed by atoms with van der Waals surface area (Å²) >= 11 is 0. The van der Waals surface area contributed by atoms with Gasteiger partial charge in [-0.25, -0.2) is 13.6 Å². The molecule has 0 aromatic rings. The topological polar surface area (TPSA) is 84.9 Å². The molecule has 1 aliphatic rings. The van der Waals surface area contributed by atoms with Gasteiger partial charge in [0.1, 0.15) is 5.60 Å². The van der Waals surface area contributed by atoms with Crippen LogP contribution in [-0.2, 0) is 19.1 Å². The van der Waals surface area contributed by atoms with Crippen molar-refractivity contribution in [1.82, 2.24) is 10.2 Å². The van der Waals surface area contributed by atoms with Gasteiger partial charge in [-0.05, 0) is 40.0 Å². The summed E-state index contributed by atoms with van der Waals surface area (Å²) in [5.74, 6) is -1.39. The van der Waals surface area contributed by atoms with E-state index in [9.17, 15) is 23.2 Å². The van der Waals surface area contributed by atoms with Gasteiger partial charge in [-0.15, -0.1) is 6.58 Å². The molecule has 1 aliphatic heterocycles. The molecule has 1 heterocycles. The Kier molecular flexibility index (Phi) is 8.18. The van der Waals surface area contributed by atoms with E-state index in [1.165, 1.54) is 4.90 Å². The molecule has 2 amide bonds. The van der Waals surface area contributed by atoms with Crippen molar-refractivity contribution in [3.05, 3.63) is 12.7 Å². The Bertz CT molecular complexity index is 552. The summed E-state index contributed by atoms with van der Waals surface area (Å²) in [6.07, 6.45) is -0.553. The van der Waals surface area contributed by atoms with Crippen molar-refractivity contribution in [2.75, 3.05) is 26.2 Å². The first-order valence-electron chi connectivity index (χ1n) is 8.80. The van der Waals surface area contributed by atoms with E-state index in [0.717, 1.165) is 0 Å². The summed E-state index contributed by atoms with van der Waals surface area (Å²) in [5, 5.41) is 1.97. The third-order valence-corrected chi connectivity index (χ3v) is 4.13. The number of likely N-dealkylation sites (tertiary alicyclic amines) is 1. The van der Waals surface area contributed by atoms with Gasteiger partial charge in [-0.1, -0.05) is 6.08 Å². The van der Waals surface area contributed by atoms with Gasteiger partial charge < -0.3 is 19.7 Å². The second-order valence-corrected chi connectivity index (χ2v) is 7.51. The number of nitrogens with zero attached hydrogens (tertiary/aromatic N) is 1. The zero-order valence-electron chi connectivity index (χ0n) is 16.1. The fourth-order valence-electron chi connectivity index (χ4n) is 2.74. The summed E-state index contributed by atoms with van der Waals surface area (Å²) in [7, 11) is 0. The molecule has 0 aromatic carbocycles. The number of piperidine rings is 1. The number of hydrogen-bond acceptors (Lipinski definition) is 5. The van der Waals surface area contributed by atoms with Gasteiger partial charge in [0.05, 0.1) is 12.0 Å². The molecule has 7 nitrogen and oxygen atoms in total. The number of carbonyl (C=O) groups excluding carboxylic acids is 3. The van der Waals surface area contributed by atoms with Gasteiger partial charge >= 0.3 is 12.1 Å². The Morgan fingerprint density at radius 1 is 1.26 bits per heavy atom. The highest BCUT2D eigenvalue weighted by atomic mass is 19.3. The number of hydrogen-bond donors (Lipinski definition) is 1. The van der Waals surface area contributed by atoms with Gasteiger partial charge in [-0.3, -0.25) is 9.59 Å². The minimum Gasteiger partial charge on any atom is -0.455 e. The molecule has 154 valence electrons. The molecule has 1 fully saturated rings. The van der Waals surface area contributed by atoms with Crippen LogP contribution in [0.3, 0.4) is 0 Å². The largest absolute Gasteiger partial charge is 0.455 e. The number of carbonyl (C=O) groups is 3. The molecule has 9 heteroatoms. The summed E-state index contributed by atoms with van der Waals surface area (Å²) in [5.41, 5.74) is -1.51. The first kappa shape index (κ1) is 22.9. The molecular formula is C18H28F2N2O5. The molecule has 1 N–H and O–H groups in total. The molecule has 0 radical (unpaired) electrons. The van der Waals surface area contributed by atoms with Crippen molar-refractivity contribution in [2.24, 2.45) is 5.41 Å². The zero-order chi connectivity index (χ0) is 20.7. The maximum Gasteiger partial charge on any atom is 0.410 e. The van der Waals surface area contributed by atoms with Crippen molar-refractivity contribution < 1.29 is 32.6 Å². The molecule has 0 aromatic heterocycles. The molecule has 0 spiro atoms. The van der Waals surface area contributed by atoms with Crippen LogP contribution in [0.5, 0.6) is 0 Å². The van der Waals surface area contributed by atoms with Crippen LogP contribution in [0.2, 0.25) is 0 Å². The number of allylic oxidation sites excluding steroid dienone is 1. The van der Waals surface area contributed by atoms with Crippen LogP contribution >= 0.6 is 0 Å². The van der Waals surface area contributed by atoms with Gasteiger partial charge in [0, 0.05) is 13.1 Å². The van der Waals surface area contributed by atoms with Crippen molar-refractivity contribution >= 4 is 18.0 Å². The van der Waals surface area contributed by atoms with E-state index in [0.29, 0.717) is 32.4 Å². The average molecular weight is 390 g/mol. The quantitative estimate of drug-likeness (QED) is 0.533. The van der Waals surface area contributed by atoms with Crippen LogP contribution in [0, 0.1) is 5.41 Å². The van der Waals surface area contributed by atoms with Gasteiger partial charge in [0.15, 0.2) is 6.61 Å². The van der Waals surface area contributed by atoms with Crippen molar-refractivity contribution in [1.29, 1.82) is 0 Å². The van der Waals surface area contributed by atoms with Crippen molar-refractivity contribution in [3.8, 4) is 0 Å². The number of alkyl halides is 2. The Labute approximate surface area is 158 Å². The Hall–Kier alpha value is -2.19. The third kappa shape index (κ3) is 7.52. The van der Waals surface area contributed by atoms with E-state index < -0.39 is 48.6 Å². The average Bonchev–Trinajstić information content (AvgIpc) is 2.57. The van der Waals surface area contributed by atoms with E-state index in [1.54, 1.807) is 26.8 Å². The maximum absolute atomic E-state index is 12.5. The smallest absolute Gasteiger partial charge is 0.410 e. The molecule has 0 bridgehead atoms. The maximum atomic E-state index is 12.5. The lowest BCUT2D eigenvalue weighted by Crippen LogP contribution is -2.48. The molecule has 1 saturated heterocycles. The molecule has 27 heavy (non-hydrogen) atoms. The normalized spacial score (nSPS) is 16.6. The van der Waals surface area contributed by atoms with E-state index in [4.69, 9.17) is 9.47 Å². The Morgan fingerprint density at radius 2 is 1.85 bits per heavy atom. The minimum absolute atomic E-state index is 0.301. The van der Waals surface area contributed by atoms with E-state index in [2.05, 4.69) is 6.58 Å². The summed E-state index contributed by atoms with van der Waals surface area (Å²) in [6, 6.07) is 0. The molecule has 0 saturated carbocycles. The number of nitrogens with one attached hydrogen (secondary N) is 1. The summed E-state index contributed by atoms with van der Waals surface area (Å²) in [6.45, 7) is 8.15. The first-order valence-corrected chi connectivity index (χ1v) is 8.80. The van der Waals surface area contributed by atoms with Crippen LogP contribution < -0.4 is 5.32 Å². The lowest BCUT2D eigenvalue weighted by atomic mass is 9.75. The third-order valence-electron chi connectivity index (χ3n) is 4.13. The lowest BCUT2D eigenvalue weighted by Gasteiger charge is -2.39. The summed E-state index contributed by atoms with van der Waals surface area (Å²) in [4.78, 5) is 37.7. The van der Waals surface area contributed by atoms with Gasteiger partial charge in [0.25, 0.3) is 12.3 Å². The predicted octanol–water partition coefficient (Wildman–Crippen LogP) is 2.50. The highest BCUT2D eigenvalue weighted by molar-refractivity contribution is 5.83. The van der Waals surface area contributed by atoms with Crippen LogP contribution in [0.15, 0.2) is 12.7 Å². The number of ether oxygens (including phenoxy) is 2. The fourth-order valence-corrected chi connectivity index (χ4v) is 2.74. The molecule has 0 unspecified atom stereocenters. The van der Waals surface area contributed by atoms with Gasteiger partial charge in [0.2, 0.25) is 0 Å². The van der Waals surface area contributed by atoms with E-state index in [-0.39, 0.29) is 0 Å². The summed E-state index contributed by atoms with van der Waals surface area (Å²) < 4.78 is 34.5. The lowest BCUT2D eigenvalue weighted by molar-refractivity contribution is -0.161. The predicted molar refractivity (Wildman–Crippen MR) is 94.3 cm³/mol. The van der Waals surface area contributed by atoms with Crippen molar-refractivity contribution in [3.63, 3.8) is 0 Å². The highest BCUT2D eigenvalue weighted by Gasteiger charge is 2.43. The molecule has 1 rings (SSSR count). The standard InChI is InChI=1S/C18H28F2N2O5/c1-5-6-18(15(24)26-12-14(23)21-11-13(19)20)7-9-22(10-8-18)16(25)27-17(2,3)4/h5,13H,1,6-12H2,2-4H3,(H,21,23). The van der Waals surface area contributed by atoms with Crippen LogP contribution in [-0.4, -0.2) is 61.1 Å². The van der Waals surface area contributed by atoms with Crippen molar-refractivity contribution in [2.45, 2.75) is 52.1 Å². The number of esters is 1. The van der Waals surface area contributed by atoms with E-state index in [1.807, 2.05) is 5.32 Å². The number of halogens is 2. The molecule has 0 atom stereocenters. The van der Waals surface area contributed by atoms with Gasteiger partial charge in [-0.2, -0.15) is 0 Å². The fraction of sp³-hybridized carbons (Fsp3) is 0.722. The second-order valence-electron chi connectivity index (χ2n) is 7.51. The first-order chi connectivity index (χ1) is 12.5. The Balaban J connectivity index is 2.62. The second kappa shape index (κ2) is 9.66. The minimum atomic E-state index is -2.67. The van der Waals surface area contributed by atoms with Crippen LogP contribution in [0.4, 0.5) is 13.6 Å². The zero-order valence-corrected chi connectivity index (χ0v) is 16.1. The Morgan fingerprint density at radius 3 is 2.33 bits per heavy atom. The SMILES string of the molecule is C=CCC1(C(=O)OCC(=O)NCC(F)F)CCN(C(=O)OC(C)(C)C)CC1. The monoisotopic (exact) mass is 390 g/mol. The number of rotatable bonds is 7. The van der Waals surface area contributed by atoms with Crippen LogP contribution in [0.25, 0.3) is 0 Å². The highest BCUT2D eigenvalue weighted by Crippen LogP contribution is 2.37. The molecule has 0 aliphatic carbocycles. The molecular weight excluding hydrogens is 362 g/mol.